The van der Waals surface area contributed by atoms with Crippen LogP contribution in [0, 0.1) is 18.3 Å². The highest BCUT2D eigenvalue weighted by atomic mass is 16.6. The summed E-state index contributed by atoms with van der Waals surface area (Å²) in [6.45, 7) is 5.40. The van der Waals surface area contributed by atoms with Gasteiger partial charge in [-0.2, -0.15) is 5.26 Å². The van der Waals surface area contributed by atoms with E-state index in [9.17, 15) is 9.59 Å². The van der Waals surface area contributed by atoms with Crippen LogP contribution in [0.15, 0.2) is 48.5 Å². The molecule has 2 rings (SSSR count). The molecule has 6 heteroatoms. The second kappa shape index (κ2) is 9.39. The lowest BCUT2D eigenvalue weighted by Gasteiger charge is -2.18. The highest BCUT2D eigenvalue weighted by Crippen LogP contribution is 2.14. The summed E-state index contributed by atoms with van der Waals surface area (Å²) in [5.74, 6) is -0.582. The van der Waals surface area contributed by atoms with Crippen molar-refractivity contribution in [3.63, 3.8) is 0 Å². The third-order valence-electron chi connectivity index (χ3n) is 3.88. The number of carbonyl (C=O) groups excluding carboxylic acids is 2. The molecule has 2 atom stereocenters. The Balaban J connectivity index is 1.81. The Kier molecular flexibility index (Phi) is 6.95. The molecule has 1 N–H and O–H groups in total. The number of nitriles is 1. The molecule has 140 valence electrons. The van der Waals surface area contributed by atoms with Crippen LogP contribution in [0.4, 0.5) is 0 Å². The van der Waals surface area contributed by atoms with Gasteiger partial charge in [-0.05, 0) is 50.6 Å². The zero-order chi connectivity index (χ0) is 19.8. The van der Waals surface area contributed by atoms with Gasteiger partial charge in [0.2, 0.25) is 0 Å². The number of nitrogens with one attached hydrogen (secondary N) is 1. The van der Waals surface area contributed by atoms with Crippen molar-refractivity contribution in [2.75, 3.05) is 0 Å². The summed E-state index contributed by atoms with van der Waals surface area (Å²) in [7, 11) is 0. The van der Waals surface area contributed by atoms with E-state index >= 15 is 0 Å². The molecular formula is C21H22N2O4. The minimum atomic E-state index is -0.935. The van der Waals surface area contributed by atoms with Crippen LogP contribution < -0.4 is 10.1 Å². The Morgan fingerprint density at radius 3 is 2.26 bits per heavy atom. The molecule has 2 aromatic rings. The predicted molar refractivity (Wildman–Crippen MR) is 99.8 cm³/mol. The van der Waals surface area contributed by atoms with Crippen LogP contribution in [0.3, 0.4) is 0 Å². The zero-order valence-electron chi connectivity index (χ0n) is 15.6. The lowest BCUT2D eigenvalue weighted by Crippen LogP contribution is -2.38. The fourth-order valence-electron chi connectivity index (χ4n) is 2.22. The van der Waals surface area contributed by atoms with Crippen LogP contribution in [0.25, 0.3) is 0 Å². The van der Waals surface area contributed by atoms with E-state index in [0.717, 1.165) is 11.1 Å². The first-order valence-electron chi connectivity index (χ1n) is 8.59. The number of aryl methyl sites for hydroxylation is 1. The highest BCUT2D eigenvalue weighted by molar-refractivity contribution is 5.84. The van der Waals surface area contributed by atoms with Gasteiger partial charge < -0.3 is 14.8 Å². The highest BCUT2D eigenvalue weighted by Gasteiger charge is 2.23. The van der Waals surface area contributed by atoms with Gasteiger partial charge in [0, 0.05) is 6.54 Å². The molecule has 0 aliphatic heterocycles. The number of carbonyl (C=O) groups is 2. The average Bonchev–Trinajstić information content (AvgIpc) is 2.67. The third-order valence-corrected chi connectivity index (χ3v) is 3.88. The fraction of sp³-hybridized carbons (Fsp3) is 0.286. The predicted octanol–water partition coefficient (Wildman–Crippen LogP) is 2.88. The summed E-state index contributed by atoms with van der Waals surface area (Å²) in [5, 5.41) is 11.5. The van der Waals surface area contributed by atoms with E-state index in [0.29, 0.717) is 17.9 Å². The van der Waals surface area contributed by atoms with Gasteiger partial charge in [-0.25, -0.2) is 4.79 Å². The van der Waals surface area contributed by atoms with Crippen molar-refractivity contribution in [3.05, 3.63) is 65.2 Å². The summed E-state index contributed by atoms with van der Waals surface area (Å²) < 4.78 is 10.7. The van der Waals surface area contributed by atoms with E-state index in [-0.39, 0.29) is 5.91 Å². The zero-order valence-corrected chi connectivity index (χ0v) is 15.6. The average molecular weight is 366 g/mol. The summed E-state index contributed by atoms with van der Waals surface area (Å²) in [6, 6.07) is 16.2. The molecule has 2 aromatic carbocycles. The van der Waals surface area contributed by atoms with Crippen molar-refractivity contribution in [2.45, 2.75) is 39.5 Å². The van der Waals surface area contributed by atoms with Crippen molar-refractivity contribution in [1.29, 1.82) is 5.26 Å². The molecule has 0 aliphatic carbocycles. The van der Waals surface area contributed by atoms with Gasteiger partial charge >= 0.3 is 5.97 Å². The molecule has 0 saturated heterocycles. The lowest BCUT2D eigenvalue weighted by atomic mass is 10.1. The van der Waals surface area contributed by atoms with Gasteiger partial charge in [-0.15, -0.1) is 0 Å². The maximum absolute atomic E-state index is 12.1. The number of rotatable bonds is 7. The maximum Gasteiger partial charge on any atom is 0.347 e. The molecule has 27 heavy (non-hydrogen) atoms. The van der Waals surface area contributed by atoms with E-state index in [1.54, 1.807) is 24.3 Å². The first kappa shape index (κ1) is 20.0. The molecule has 0 saturated carbocycles. The molecule has 6 nitrogen and oxygen atoms in total. The summed E-state index contributed by atoms with van der Waals surface area (Å²) >= 11 is 0. The monoisotopic (exact) mass is 366 g/mol. The van der Waals surface area contributed by atoms with E-state index < -0.39 is 18.2 Å². The third kappa shape index (κ3) is 6.15. The van der Waals surface area contributed by atoms with Crippen LogP contribution in [0.5, 0.6) is 5.75 Å². The number of nitrogens with zero attached hydrogens (tertiary/aromatic N) is 1. The Morgan fingerprint density at radius 2 is 1.67 bits per heavy atom. The maximum atomic E-state index is 12.1. The number of benzene rings is 2. The van der Waals surface area contributed by atoms with Crippen molar-refractivity contribution in [1.82, 2.24) is 5.32 Å². The van der Waals surface area contributed by atoms with Gasteiger partial charge in [0.05, 0.1) is 11.6 Å². The van der Waals surface area contributed by atoms with E-state index in [1.807, 2.05) is 37.3 Å². The van der Waals surface area contributed by atoms with Crippen molar-refractivity contribution < 1.29 is 19.1 Å². The molecule has 0 bridgehead atoms. The largest absolute Gasteiger partial charge is 0.479 e. The Hall–Kier alpha value is -3.33. The van der Waals surface area contributed by atoms with Crippen LogP contribution in [0.2, 0.25) is 0 Å². The Bertz CT molecular complexity index is 823. The van der Waals surface area contributed by atoms with Crippen molar-refractivity contribution >= 4 is 11.9 Å². The second-order valence-electron chi connectivity index (χ2n) is 6.18. The van der Waals surface area contributed by atoms with E-state index in [2.05, 4.69) is 5.32 Å². The molecule has 0 unspecified atom stereocenters. The second-order valence-corrected chi connectivity index (χ2v) is 6.18. The number of ether oxygens (including phenoxy) is 2. The fourth-order valence-corrected chi connectivity index (χ4v) is 2.22. The summed E-state index contributed by atoms with van der Waals surface area (Å²) in [4.78, 5) is 24.2. The number of hydrogen-bond donors (Lipinski definition) is 1. The number of amides is 1. The van der Waals surface area contributed by atoms with Gasteiger partial charge in [-0.1, -0.05) is 29.8 Å². The van der Waals surface area contributed by atoms with E-state index in [1.165, 1.54) is 13.8 Å². The van der Waals surface area contributed by atoms with Gasteiger partial charge in [0.25, 0.3) is 5.91 Å². The van der Waals surface area contributed by atoms with Crippen LogP contribution >= 0.6 is 0 Å². The smallest absolute Gasteiger partial charge is 0.347 e. The van der Waals surface area contributed by atoms with Crippen LogP contribution in [-0.2, 0) is 20.9 Å². The molecule has 1 amide bonds. The van der Waals surface area contributed by atoms with Gasteiger partial charge in [-0.3, -0.25) is 4.79 Å². The molecule has 0 aromatic heterocycles. The number of esters is 1. The van der Waals surface area contributed by atoms with Crippen molar-refractivity contribution in [2.24, 2.45) is 0 Å². The van der Waals surface area contributed by atoms with E-state index in [4.69, 9.17) is 14.7 Å². The van der Waals surface area contributed by atoms with Crippen molar-refractivity contribution in [3.8, 4) is 11.8 Å². The summed E-state index contributed by atoms with van der Waals surface area (Å²) in [5.41, 5.74) is 2.60. The standard InChI is InChI=1S/C21H22N2O4/c1-14-4-6-18(7-5-14)13-23-20(24)15(2)27-21(25)16(3)26-19-10-8-17(12-22)9-11-19/h4-11,15-16H,13H2,1-3H3,(H,23,24)/t15-,16-/m1/s1. The van der Waals surface area contributed by atoms with Crippen LogP contribution in [-0.4, -0.2) is 24.1 Å². The lowest BCUT2D eigenvalue weighted by molar-refractivity contribution is -0.160. The first-order valence-corrected chi connectivity index (χ1v) is 8.59. The Morgan fingerprint density at radius 1 is 1.04 bits per heavy atom. The number of hydrogen-bond acceptors (Lipinski definition) is 5. The minimum Gasteiger partial charge on any atom is -0.479 e. The molecule has 0 fully saturated rings. The SMILES string of the molecule is Cc1ccc(CNC(=O)[C@@H](C)OC(=O)[C@@H](C)Oc2ccc(C#N)cc2)cc1. The van der Waals surface area contributed by atoms with Gasteiger partial charge in [0.1, 0.15) is 5.75 Å². The van der Waals surface area contributed by atoms with Gasteiger partial charge in [0.15, 0.2) is 12.2 Å². The quantitative estimate of drug-likeness (QED) is 0.761. The Labute approximate surface area is 158 Å². The molecule has 0 radical (unpaired) electrons. The first-order chi connectivity index (χ1) is 12.9. The molecule has 0 spiro atoms. The van der Waals surface area contributed by atoms with Crippen LogP contribution in [0.1, 0.15) is 30.5 Å². The minimum absolute atomic E-state index is 0.359. The molecule has 0 aliphatic rings. The topological polar surface area (TPSA) is 88.4 Å². The summed E-state index contributed by atoms with van der Waals surface area (Å²) in [6.07, 6.45) is -1.82. The molecular weight excluding hydrogens is 344 g/mol. The molecule has 0 heterocycles. The normalized spacial score (nSPS) is 12.4.